The Bertz CT molecular complexity index is 449. The van der Waals surface area contributed by atoms with Gasteiger partial charge in [-0.3, -0.25) is 4.79 Å². The quantitative estimate of drug-likeness (QED) is 0.388. The molecule has 0 aliphatic carbocycles. The normalized spacial score (nSPS) is 13.6. The van der Waals surface area contributed by atoms with Gasteiger partial charge in [-0.2, -0.15) is 0 Å². The fraction of sp³-hybridized carbons (Fsp3) is 0.294. The van der Waals surface area contributed by atoms with Gasteiger partial charge >= 0.3 is 0 Å². The number of rotatable bonds is 9. The number of ether oxygens (including phenoxy) is 1. The monoisotopic (exact) mass is 303 g/mol. The average Bonchev–Trinajstić information content (AvgIpc) is 2.45. The van der Waals surface area contributed by atoms with Crippen molar-refractivity contribution >= 4 is 14.8 Å². The maximum Gasteiger partial charge on any atom is 0.293 e. The number of carbonyl (C=O) groups excluding carboxylic acids is 1. The maximum absolute atomic E-state index is 10.6. The summed E-state index contributed by atoms with van der Waals surface area (Å²) >= 11 is 0. The highest BCUT2D eigenvalue weighted by Crippen LogP contribution is 2.23. The van der Waals surface area contributed by atoms with Gasteiger partial charge in [0.25, 0.3) is 6.47 Å². The zero-order valence-corrected chi connectivity index (χ0v) is 14.1. The summed E-state index contributed by atoms with van der Waals surface area (Å²) in [7, 11) is -1.62. The Labute approximate surface area is 129 Å². The van der Waals surface area contributed by atoms with Gasteiger partial charge in [-0.25, -0.2) is 0 Å². The molecule has 113 valence electrons. The van der Waals surface area contributed by atoms with Crippen molar-refractivity contribution in [1.82, 2.24) is 0 Å². The molecule has 21 heavy (non-hydrogen) atoms. The summed E-state index contributed by atoms with van der Waals surface area (Å²) in [5.41, 5.74) is 0.933. The topological polar surface area (TPSA) is 35.5 Å². The molecular formula is C17H23O3Si. The van der Waals surface area contributed by atoms with Crippen LogP contribution in [0.15, 0.2) is 42.2 Å². The number of allylic oxidation sites excluding steroid dienone is 2. The Morgan fingerprint density at radius 2 is 1.86 bits per heavy atom. The van der Waals surface area contributed by atoms with E-state index in [0.29, 0.717) is 6.47 Å². The fourth-order valence-corrected chi connectivity index (χ4v) is 2.62. The summed E-state index contributed by atoms with van der Waals surface area (Å²) in [6.45, 7) is 8.82. The molecule has 0 fully saturated rings. The lowest BCUT2D eigenvalue weighted by atomic mass is 10.0. The van der Waals surface area contributed by atoms with E-state index < -0.39 is 8.32 Å². The van der Waals surface area contributed by atoms with Crippen molar-refractivity contribution in [3.8, 4) is 0 Å². The third kappa shape index (κ3) is 7.13. The second kappa shape index (κ2) is 8.67. The van der Waals surface area contributed by atoms with E-state index in [2.05, 4.69) is 19.6 Å². The van der Waals surface area contributed by atoms with Crippen LogP contribution in [0.5, 0.6) is 0 Å². The zero-order valence-electron chi connectivity index (χ0n) is 13.1. The highest BCUT2D eigenvalue weighted by atomic mass is 28.4. The van der Waals surface area contributed by atoms with E-state index in [0.717, 1.165) is 11.3 Å². The Balaban J connectivity index is 2.53. The van der Waals surface area contributed by atoms with E-state index in [9.17, 15) is 4.79 Å². The van der Waals surface area contributed by atoms with Crippen LogP contribution in [0.3, 0.4) is 0 Å². The highest BCUT2D eigenvalue weighted by molar-refractivity contribution is 6.70. The van der Waals surface area contributed by atoms with Crippen molar-refractivity contribution in [2.24, 2.45) is 0 Å². The van der Waals surface area contributed by atoms with Gasteiger partial charge in [0.05, 0.1) is 5.76 Å². The van der Waals surface area contributed by atoms with Crippen LogP contribution in [0.25, 0.3) is 0 Å². The molecule has 3 nitrogen and oxygen atoms in total. The summed E-state index contributed by atoms with van der Waals surface area (Å²) in [4.78, 5) is 10.6. The third-order valence-electron chi connectivity index (χ3n) is 2.59. The Kier molecular flexibility index (Phi) is 7.23. The second-order valence-electron chi connectivity index (χ2n) is 5.52. The van der Waals surface area contributed by atoms with E-state index in [-0.39, 0.29) is 6.10 Å². The first-order valence-electron chi connectivity index (χ1n) is 6.97. The van der Waals surface area contributed by atoms with Crippen LogP contribution in [0, 0.1) is 19.3 Å². The van der Waals surface area contributed by atoms with E-state index in [1.165, 1.54) is 0 Å². The molecule has 0 bridgehead atoms. The van der Waals surface area contributed by atoms with Gasteiger partial charge < -0.3 is 9.16 Å². The van der Waals surface area contributed by atoms with Gasteiger partial charge in [0.15, 0.2) is 0 Å². The zero-order chi connectivity index (χ0) is 15.7. The summed E-state index contributed by atoms with van der Waals surface area (Å²) in [6.07, 6.45) is 7.13. The van der Waals surface area contributed by atoms with E-state index >= 15 is 0 Å². The molecule has 3 radical (unpaired) electrons. The van der Waals surface area contributed by atoms with Gasteiger partial charge in [-0.05, 0) is 38.5 Å². The van der Waals surface area contributed by atoms with Crippen molar-refractivity contribution in [3.05, 3.63) is 67.0 Å². The molecule has 0 amide bonds. The molecule has 0 saturated carbocycles. The molecule has 1 rings (SSSR count). The van der Waals surface area contributed by atoms with Crippen molar-refractivity contribution in [3.63, 3.8) is 0 Å². The first-order valence-corrected chi connectivity index (χ1v) is 10.4. The number of hydrogen-bond donors (Lipinski definition) is 0. The Morgan fingerprint density at radius 3 is 2.38 bits per heavy atom. The average molecular weight is 303 g/mol. The summed E-state index contributed by atoms with van der Waals surface area (Å²) < 4.78 is 11.0. The molecule has 0 heterocycles. The lowest BCUT2D eigenvalue weighted by Crippen LogP contribution is -2.25. The minimum absolute atomic E-state index is 0.384. The summed E-state index contributed by atoms with van der Waals surface area (Å²) in [5.74, 6) is 0.836. The summed E-state index contributed by atoms with van der Waals surface area (Å²) in [5, 5.41) is 0. The molecule has 0 unspecified atom stereocenters. The van der Waals surface area contributed by atoms with Crippen LogP contribution in [-0.4, -0.2) is 14.8 Å². The number of carbonyl (C=O) groups is 1. The second-order valence-corrected chi connectivity index (χ2v) is 9.95. The molecule has 0 aliphatic heterocycles. The van der Waals surface area contributed by atoms with Gasteiger partial charge in [0, 0.05) is 12.8 Å². The first-order chi connectivity index (χ1) is 9.96. The van der Waals surface area contributed by atoms with Crippen molar-refractivity contribution in [1.29, 1.82) is 0 Å². The predicted molar refractivity (Wildman–Crippen MR) is 87.4 cm³/mol. The fourth-order valence-electron chi connectivity index (χ4n) is 1.73. The Hall–Kier alpha value is -1.55. The lowest BCUT2D eigenvalue weighted by Gasteiger charge is -2.22. The van der Waals surface area contributed by atoms with Gasteiger partial charge in [0.1, 0.15) is 6.10 Å². The molecule has 1 aromatic carbocycles. The van der Waals surface area contributed by atoms with E-state index in [4.69, 9.17) is 9.16 Å². The van der Waals surface area contributed by atoms with E-state index in [1.807, 2.05) is 62.6 Å². The summed E-state index contributed by atoms with van der Waals surface area (Å²) in [6, 6.07) is 9.61. The number of hydrogen-bond acceptors (Lipinski definition) is 3. The maximum atomic E-state index is 10.6. The smallest absolute Gasteiger partial charge is 0.293 e. The molecular weight excluding hydrogens is 280 g/mol. The lowest BCUT2D eigenvalue weighted by molar-refractivity contribution is -0.132. The van der Waals surface area contributed by atoms with Crippen LogP contribution in [0.1, 0.15) is 18.6 Å². The van der Waals surface area contributed by atoms with Crippen LogP contribution < -0.4 is 0 Å². The van der Waals surface area contributed by atoms with Crippen molar-refractivity contribution in [2.45, 2.75) is 32.7 Å². The first kappa shape index (κ1) is 17.5. The van der Waals surface area contributed by atoms with Crippen molar-refractivity contribution < 1.29 is 14.0 Å². The standard InChI is InChI=1S/C17H23O3Si/c1-5-16(20-21(2,3)4)12-9-13-17(19-14-18)15-10-7-6-8-11-15/h5-14,17H,1-4H3/b16-5+/t17-/m0/s1. The third-order valence-corrected chi connectivity index (χ3v) is 3.43. The Morgan fingerprint density at radius 1 is 1.19 bits per heavy atom. The van der Waals surface area contributed by atoms with Gasteiger partial charge in [0.2, 0.25) is 8.32 Å². The van der Waals surface area contributed by atoms with Crippen LogP contribution >= 0.6 is 0 Å². The molecule has 0 aliphatic rings. The number of benzene rings is 1. The van der Waals surface area contributed by atoms with Crippen LogP contribution in [0.4, 0.5) is 0 Å². The predicted octanol–water partition coefficient (Wildman–Crippen LogP) is 4.27. The molecule has 0 saturated heterocycles. The molecule has 0 aromatic heterocycles. The van der Waals surface area contributed by atoms with Gasteiger partial charge in [-0.15, -0.1) is 0 Å². The highest BCUT2D eigenvalue weighted by Gasteiger charge is 2.18. The SMILES string of the molecule is C/C=C(\[CH][CH][CH][C@H](OC=O)c1ccccc1)O[Si](C)(C)C. The molecule has 0 spiro atoms. The molecule has 1 aromatic rings. The van der Waals surface area contributed by atoms with Crippen LogP contribution in [0.2, 0.25) is 19.6 Å². The van der Waals surface area contributed by atoms with Crippen molar-refractivity contribution in [2.75, 3.05) is 0 Å². The largest absolute Gasteiger partial charge is 0.547 e. The minimum atomic E-state index is -1.62. The minimum Gasteiger partial charge on any atom is -0.547 e. The molecule has 4 heteroatoms. The molecule has 1 atom stereocenters. The van der Waals surface area contributed by atoms with E-state index in [1.54, 1.807) is 0 Å². The molecule has 0 N–H and O–H groups in total. The van der Waals surface area contributed by atoms with Gasteiger partial charge in [-0.1, -0.05) is 36.4 Å². The van der Waals surface area contributed by atoms with Crippen LogP contribution in [-0.2, 0) is 14.0 Å².